The van der Waals surface area contributed by atoms with Gasteiger partial charge in [0.05, 0.1) is 7.11 Å². The molecule has 2 rings (SSSR count). The third-order valence-electron chi connectivity index (χ3n) is 3.06. The fourth-order valence-corrected chi connectivity index (χ4v) is 1.87. The lowest BCUT2D eigenvalue weighted by Crippen LogP contribution is -2.41. The topological polar surface area (TPSA) is 82.3 Å². The molecular formula is C11H18N4O2. The fraction of sp³-hybridized carbons (Fsp3) is 0.636. The molecule has 2 heterocycles. The van der Waals surface area contributed by atoms with E-state index >= 15 is 0 Å². The highest BCUT2D eigenvalue weighted by atomic mass is 16.5. The zero-order valence-corrected chi connectivity index (χ0v) is 10.2. The Balaban J connectivity index is 2.17. The number of nitrogens with zero attached hydrogens (tertiary/aromatic N) is 2. The van der Waals surface area contributed by atoms with Crippen molar-refractivity contribution < 1.29 is 9.47 Å². The predicted octanol–water partition coefficient (Wildman–Crippen LogP) is 1.05. The first kappa shape index (κ1) is 11.9. The summed E-state index contributed by atoms with van der Waals surface area (Å²) in [7, 11) is 1.54. The number of nitrogens with one attached hydrogen (secondary N) is 1. The molecule has 0 unspecified atom stereocenters. The number of hydrogen-bond donors (Lipinski definition) is 2. The van der Waals surface area contributed by atoms with E-state index in [4.69, 9.17) is 15.2 Å². The van der Waals surface area contributed by atoms with E-state index in [-0.39, 0.29) is 5.54 Å². The van der Waals surface area contributed by atoms with Crippen LogP contribution in [0, 0.1) is 0 Å². The van der Waals surface area contributed by atoms with Crippen LogP contribution in [0.3, 0.4) is 0 Å². The van der Waals surface area contributed by atoms with E-state index in [0.717, 1.165) is 26.1 Å². The maximum Gasteiger partial charge on any atom is 0.242 e. The minimum absolute atomic E-state index is 0.0360. The molecule has 0 radical (unpaired) electrons. The molecule has 1 aliphatic rings. The zero-order chi connectivity index (χ0) is 12.3. The third-order valence-corrected chi connectivity index (χ3v) is 3.06. The van der Waals surface area contributed by atoms with Crippen LogP contribution in [-0.4, -0.2) is 35.8 Å². The lowest BCUT2D eigenvalue weighted by Gasteiger charge is -2.35. The molecule has 0 amide bonds. The van der Waals surface area contributed by atoms with Gasteiger partial charge in [0.15, 0.2) is 5.82 Å². The average Bonchev–Trinajstić information content (AvgIpc) is 2.32. The van der Waals surface area contributed by atoms with Crippen molar-refractivity contribution in [3.8, 4) is 5.88 Å². The lowest BCUT2D eigenvalue weighted by molar-refractivity contribution is 0.0657. The summed E-state index contributed by atoms with van der Waals surface area (Å²) in [5.74, 6) is 1.03. The number of aromatic nitrogens is 2. The third kappa shape index (κ3) is 2.58. The number of nitrogen functional groups attached to an aromatic ring is 1. The Morgan fingerprint density at radius 3 is 2.76 bits per heavy atom. The minimum atomic E-state index is -0.0360. The Kier molecular flexibility index (Phi) is 3.33. The Morgan fingerprint density at radius 1 is 1.41 bits per heavy atom. The molecule has 1 aromatic rings. The summed E-state index contributed by atoms with van der Waals surface area (Å²) >= 11 is 0. The van der Waals surface area contributed by atoms with Crippen LogP contribution in [0.5, 0.6) is 5.88 Å². The SMILES string of the molecule is COc1ncnc(NC2(C)CCOCC2)c1N. The molecule has 6 nitrogen and oxygen atoms in total. The van der Waals surface area contributed by atoms with Crippen LogP contribution in [0.25, 0.3) is 0 Å². The van der Waals surface area contributed by atoms with Crippen molar-refractivity contribution in [3.05, 3.63) is 6.33 Å². The van der Waals surface area contributed by atoms with E-state index in [1.807, 2.05) is 0 Å². The van der Waals surface area contributed by atoms with E-state index in [1.165, 1.54) is 6.33 Å². The molecule has 1 saturated heterocycles. The number of hydrogen-bond acceptors (Lipinski definition) is 6. The summed E-state index contributed by atoms with van der Waals surface area (Å²) in [5, 5.41) is 3.36. The van der Waals surface area contributed by atoms with Gasteiger partial charge in [-0.05, 0) is 19.8 Å². The number of ether oxygens (including phenoxy) is 2. The summed E-state index contributed by atoms with van der Waals surface area (Å²) < 4.78 is 10.4. The van der Waals surface area contributed by atoms with Gasteiger partial charge in [0.1, 0.15) is 12.0 Å². The smallest absolute Gasteiger partial charge is 0.242 e. The van der Waals surface area contributed by atoms with Gasteiger partial charge < -0.3 is 20.5 Å². The maximum atomic E-state index is 5.93. The summed E-state index contributed by atoms with van der Waals surface area (Å²) in [6.45, 7) is 3.65. The van der Waals surface area contributed by atoms with Crippen molar-refractivity contribution in [1.82, 2.24) is 9.97 Å². The first-order valence-electron chi connectivity index (χ1n) is 5.65. The monoisotopic (exact) mass is 238 g/mol. The molecule has 1 aromatic heterocycles. The molecule has 0 saturated carbocycles. The van der Waals surface area contributed by atoms with E-state index < -0.39 is 0 Å². The van der Waals surface area contributed by atoms with E-state index in [2.05, 4.69) is 22.2 Å². The number of nitrogens with two attached hydrogens (primary N) is 1. The van der Waals surface area contributed by atoms with Gasteiger partial charge in [0.2, 0.25) is 5.88 Å². The maximum absolute atomic E-state index is 5.93. The second-order valence-electron chi connectivity index (χ2n) is 4.44. The van der Waals surface area contributed by atoms with E-state index in [0.29, 0.717) is 17.4 Å². The quantitative estimate of drug-likeness (QED) is 0.819. The highest BCUT2D eigenvalue weighted by Gasteiger charge is 2.28. The fourth-order valence-electron chi connectivity index (χ4n) is 1.87. The Hall–Kier alpha value is -1.56. The van der Waals surface area contributed by atoms with E-state index in [1.54, 1.807) is 7.11 Å². The minimum Gasteiger partial charge on any atom is -0.479 e. The molecule has 0 aliphatic carbocycles. The van der Waals surface area contributed by atoms with Crippen LogP contribution in [0.1, 0.15) is 19.8 Å². The molecular weight excluding hydrogens is 220 g/mol. The lowest BCUT2D eigenvalue weighted by atomic mass is 9.92. The standard InChI is InChI=1S/C11H18N4O2/c1-11(3-5-17-6-4-11)15-9-8(12)10(16-2)14-7-13-9/h7H,3-6,12H2,1-2H3,(H,13,14,15). The van der Waals surface area contributed by atoms with Crippen molar-refractivity contribution >= 4 is 11.5 Å². The van der Waals surface area contributed by atoms with Crippen LogP contribution < -0.4 is 15.8 Å². The van der Waals surface area contributed by atoms with Gasteiger partial charge in [-0.2, -0.15) is 4.98 Å². The summed E-state index contributed by atoms with van der Waals surface area (Å²) in [6, 6.07) is 0. The van der Waals surface area contributed by atoms with Crippen LogP contribution in [0.2, 0.25) is 0 Å². The normalized spacial score (nSPS) is 18.7. The molecule has 1 fully saturated rings. The molecule has 1 aliphatic heterocycles. The van der Waals surface area contributed by atoms with Crippen molar-refractivity contribution in [2.45, 2.75) is 25.3 Å². The summed E-state index contributed by atoms with van der Waals surface area (Å²) in [5.41, 5.74) is 6.34. The molecule has 0 bridgehead atoms. The van der Waals surface area contributed by atoms with Crippen LogP contribution in [-0.2, 0) is 4.74 Å². The van der Waals surface area contributed by atoms with Crippen molar-refractivity contribution in [2.24, 2.45) is 0 Å². The van der Waals surface area contributed by atoms with Crippen molar-refractivity contribution in [3.63, 3.8) is 0 Å². The summed E-state index contributed by atoms with van der Waals surface area (Å²) in [6.07, 6.45) is 3.30. The summed E-state index contributed by atoms with van der Waals surface area (Å²) in [4.78, 5) is 8.11. The molecule has 0 spiro atoms. The van der Waals surface area contributed by atoms with Crippen LogP contribution in [0.4, 0.5) is 11.5 Å². The van der Waals surface area contributed by atoms with Gasteiger partial charge in [0.25, 0.3) is 0 Å². The largest absolute Gasteiger partial charge is 0.479 e. The number of rotatable bonds is 3. The van der Waals surface area contributed by atoms with E-state index in [9.17, 15) is 0 Å². The number of anilines is 2. The number of methoxy groups -OCH3 is 1. The van der Waals surface area contributed by atoms with Crippen molar-refractivity contribution in [2.75, 3.05) is 31.4 Å². The van der Waals surface area contributed by atoms with Gasteiger partial charge in [0, 0.05) is 18.8 Å². The molecule has 0 aromatic carbocycles. The highest BCUT2D eigenvalue weighted by Crippen LogP contribution is 2.30. The first-order chi connectivity index (χ1) is 8.14. The molecule has 94 valence electrons. The molecule has 3 N–H and O–H groups in total. The van der Waals surface area contributed by atoms with Crippen LogP contribution >= 0.6 is 0 Å². The van der Waals surface area contributed by atoms with Crippen molar-refractivity contribution in [1.29, 1.82) is 0 Å². The molecule has 6 heteroatoms. The van der Waals surface area contributed by atoms with Gasteiger partial charge in [-0.1, -0.05) is 0 Å². The van der Waals surface area contributed by atoms with Gasteiger partial charge in [-0.25, -0.2) is 4.98 Å². The second kappa shape index (κ2) is 4.75. The van der Waals surface area contributed by atoms with Gasteiger partial charge in [-0.15, -0.1) is 0 Å². The first-order valence-corrected chi connectivity index (χ1v) is 5.65. The van der Waals surface area contributed by atoms with Gasteiger partial charge in [-0.3, -0.25) is 0 Å². The Labute approximate surface area is 101 Å². The Morgan fingerprint density at radius 2 is 2.12 bits per heavy atom. The zero-order valence-electron chi connectivity index (χ0n) is 10.2. The highest BCUT2D eigenvalue weighted by molar-refractivity contribution is 5.67. The second-order valence-corrected chi connectivity index (χ2v) is 4.44. The van der Waals surface area contributed by atoms with Gasteiger partial charge >= 0.3 is 0 Å². The Bertz CT molecular complexity index is 391. The average molecular weight is 238 g/mol. The molecule has 17 heavy (non-hydrogen) atoms. The predicted molar refractivity (Wildman–Crippen MR) is 65.1 cm³/mol. The van der Waals surface area contributed by atoms with Crippen LogP contribution in [0.15, 0.2) is 6.33 Å². The molecule has 0 atom stereocenters.